The zero-order valence-corrected chi connectivity index (χ0v) is 13.2. The molecule has 0 aromatic heterocycles. The highest BCUT2D eigenvalue weighted by molar-refractivity contribution is 9.10. The van der Waals surface area contributed by atoms with Gasteiger partial charge in [-0.3, -0.25) is 4.79 Å². The molecule has 3 nitrogen and oxygen atoms in total. The molecule has 0 saturated heterocycles. The number of halogens is 2. The van der Waals surface area contributed by atoms with Gasteiger partial charge in [0.2, 0.25) is 5.78 Å². The van der Waals surface area contributed by atoms with Crippen molar-refractivity contribution in [1.82, 2.24) is 0 Å². The Morgan fingerprint density at radius 3 is 2.43 bits per heavy atom. The second-order valence-corrected chi connectivity index (χ2v) is 5.28. The van der Waals surface area contributed by atoms with Gasteiger partial charge in [0.15, 0.2) is 6.10 Å². The van der Waals surface area contributed by atoms with Crippen LogP contribution in [0.5, 0.6) is 11.5 Å². The number of methoxy groups -OCH3 is 1. The van der Waals surface area contributed by atoms with Crippen LogP contribution < -0.4 is 9.47 Å². The molecule has 0 aliphatic carbocycles. The van der Waals surface area contributed by atoms with Crippen LogP contribution in [-0.4, -0.2) is 19.0 Å². The minimum Gasteiger partial charge on any atom is -0.497 e. The van der Waals surface area contributed by atoms with Crippen LogP contribution in [0.4, 0.5) is 4.39 Å². The van der Waals surface area contributed by atoms with E-state index in [0.29, 0.717) is 21.5 Å². The molecule has 1 atom stereocenters. The second-order valence-electron chi connectivity index (χ2n) is 4.43. The minimum atomic E-state index is -0.680. The molecule has 21 heavy (non-hydrogen) atoms. The Hall–Kier alpha value is -1.88. The van der Waals surface area contributed by atoms with Gasteiger partial charge in [0.25, 0.3) is 0 Å². The summed E-state index contributed by atoms with van der Waals surface area (Å²) in [6.07, 6.45) is -0.680. The van der Waals surface area contributed by atoms with Crippen molar-refractivity contribution < 1.29 is 18.7 Å². The summed E-state index contributed by atoms with van der Waals surface area (Å²) in [5.41, 5.74) is 0.529. The summed E-state index contributed by atoms with van der Waals surface area (Å²) in [4.78, 5) is 12.3. The summed E-state index contributed by atoms with van der Waals surface area (Å²) < 4.78 is 24.1. The number of ketones is 1. The number of carbonyl (C=O) groups excluding carboxylic acids is 1. The van der Waals surface area contributed by atoms with Crippen LogP contribution >= 0.6 is 15.9 Å². The number of carbonyl (C=O) groups is 1. The maximum Gasteiger partial charge on any atom is 0.202 e. The first-order valence-corrected chi connectivity index (χ1v) is 7.10. The third kappa shape index (κ3) is 3.82. The SMILES string of the molecule is COc1ccc(C(=O)C(C)Oc2ccc(F)cc2Br)cc1. The smallest absolute Gasteiger partial charge is 0.202 e. The summed E-state index contributed by atoms with van der Waals surface area (Å²) in [6.45, 7) is 1.66. The average molecular weight is 353 g/mol. The number of rotatable bonds is 5. The second kappa shape index (κ2) is 6.72. The van der Waals surface area contributed by atoms with E-state index in [-0.39, 0.29) is 11.6 Å². The van der Waals surface area contributed by atoms with Crippen molar-refractivity contribution in [2.24, 2.45) is 0 Å². The zero-order chi connectivity index (χ0) is 15.4. The summed E-state index contributed by atoms with van der Waals surface area (Å²) in [6, 6.07) is 10.9. The zero-order valence-electron chi connectivity index (χ0n) is 11.6. The van der Waals surface area contributed by atoms with Crippen LogP contribution in [0.15, 0.2) is 46.9 Å². The standard InChI is InChI=1S/C16H14BrFO3/c1-10(21-15-8-5-12(18)9-14(15)17)16(19)11-3-6-13(20-2)7-4-11/h3-10H,1-2H3. The van der Waals surface area contributed by atoms with Gasteiger partial charge in [-0.2, -0.15) is 0 Å². The van der Waals surface area contributed by atoms with E-state index in [9.17, 15) is 9.18 Å². The fourth-order valence-electron chi connectivity index (χ4n) is 1.80. The molecular formula is C16H14BrFO3. The summed E-state index contributed by atoms with van der Waals surface area (Å²) >= 11 is 3.21. The van der Waals surface area contributed by atoms with Gasteiger partial charge in [-0.15, -0.1) is 0 Å². The topological polar surface area (TPSA) is 35.5 Å². The van der Waals surface area contributed by atoms with E-state index in [1.165, 1.54) is 18.2 Å². The van der Waals surface area contributed by atoms with Gasteiger partial charge >= 0.3 is 0 Å². The van der Waals surface area contributed by atoms with E-state index >= 15 is 0 Å². The van der Waals surface area contributed by atoms with E-state index in [2.05, 4.69) is 15.9 Å². The predicted octanol–water partition coefficient (Wildman–Crippen LogP) is 4.25. The Morgan fingerprint density at radius 2 is 1.86 bits per heavy atom. The minimum absolute atomic E-state index is 0.158. The lowest BCUT2D eigenvalue weighted by Gasteiger charge is -2.15. The lowest BCUT2D eigenvalue weighted by molar-refractivity contribution is 0.0817. The van der Waals surface area contributed by atoms with Crippen molar-refractivity contribution >= 4 is 21.7 Å². The molecule has 1 unspecified atom stereocenters. The summed E-state index contributed by atoms with van der Waals surface area (Å²) in [5, 5.41) is 0. The first kappa shape index (κ1) is 15.5. The predicted molar refractivity (Wildman–Crippen MR) is 81.5 cm³/mol. The summed E-state index contributed by atoms with van der Waals surface area (Å²) in [7, 11) is 1.56. The third-order valence-corrected chi connectivity index (χ3v) is 3.56. The van der Waals surface area contributed by atoms with E-state index in [4.69, 9.17) is 9.47 Å². The molecule has 0 heterocycles. The average Bonchev–Trinajstić information content (AvgIpc) is 2.49. The molecular weight excluding hydrogens is 339 g/mol. The van der Waals surface area contributed by atoms with Gasteiger partial charge in [-0.05, 0) is 65.3 Å². The normalized spacial score (nSPS) is 11.8. The molecule has 0 aliphatic rings. The lowest BCUT2D eigenvalue weighted by Crippen LogP contribution is -2.24. The van der Waals surface area contributed by atoms with Gasteiger partial charge in [0, 0.05) is 5.56 Å². The number of hydrogen-bond donors (Lipinski definition) is 0. The lowest BCUT2D eigenvalue weighted by atomic mass is 10.1. The molecule has 0 amide bonds. The van der Waals surface area contributed by atoms with Gasteiger partial charge in [-0.1, -0.05) is 0 Å². The molecule has 0 saturated carbocycles. The molecule has 0 bridgehead atoms. The van der Waals surface area contributed by atoms with Crippen LogP contribution in [0.3, 0.4) is 0 Å². The van der Waals surface area contributed by atoms with Gasteiger partial charge < -0.3 is 9.47 Å². The highest BCUT2D eigenvalue weighted by Gasteiger charge is 2.18. The first-order chi connectivity index (χ1) is 10.0. The van der Waals surface area contributed by atoms with E-state index in [0.717, 1.165) is 0 Å². The Morgan fingerprint density at radius 1 is 1.19 bits per heavy atom. The highest BCUT2D eigenvalue weighted by Crippen LogP contribution is 2.27. The fraction of sp³-hybridized carbons (Fsp3) is 0.188. The van der Waals surface area contributed by atoms with Gasteiger partial charge in [0.1, 0.15) is 17.3 Å². The molecule has 2 aromatic rings. The third-order valence-electron chi connectivity index (χ3n) is 2.94. The molecule has 5 heteroatoms. The number of Topliss-reactive ketones (excluding diaryl/α,β-unsaturated/α-hetero) is 1. The van der Waals surface area contributed by atoms with Gasteiger partial charge in [-0.25, -0.2) is 4.39 Å². The first-order valence-electron chi connectivity index (χ1n) is 6.31. The molecule has 0 N–H and O–H groups in total. The largest absolute Gasteiger partial charge is 0.497 e. The molecule has 2 rings (SSSR count). The van der Waals surface area contributed by atoms with Crippen LogP contribution in [-0.2, 0) is 0 Å². The highest BCUT2D eigenvalue weighted by atomic mass is 79.9. The molecule has 0 fully saturated rings. The van der Waals surface area contributed by atoms with E-state index in [1.54, 1.807) is 38.3 Å². The maximum absolute atomic E-state index is 13.0. The molecule has 0 spiro atoms. The monoisotopic (exact) mass is 352 g/mol. The van der Waals surface area contributed by atoms with Crippen molar-refractivity contribution in [3.63, 3.8) is 0 Å². The Bertz CT molecular complexity index is 640. The van der Waals surface area contributed by atoms with Crippen molar-refractivity contribution in [3.8, 4) is 11.5 Å². The number of hydrogen-bond acceptors (Lipinski definition) is 3. The molecule has 2 aromatic carbocycles. The maximum atomic E-state index is 13.0. The van der Waals surface area contributed by atoms with Crippen molar-refractivity contribution in [2.45, 2.75) is 13.0 Å². The van der Waals surface area contributed by atoms with Crippen LogP contribution in [0.1, 0.15) is 17.3 Å². The molecule has 0 aliphatic heterocycles. The van der Waals surface area contributed by atoms with Crippen molar-refractivity contribution in [2.75, 3.05) is 7.11 Å². The Kier molecular flexibility index (Phi) is 4.96. The fourth-order valence-corrected chi connectivity index (χ4v) is 2.25. The van der Waals surface area contributed by atoms with Crippen LogP contribution in [0.2, 0.25) is 0 Å². The Labute approximate surface area is 130 Å². The molecule has 0 radical (unpaired) electrons. The van der Waals surface area contributed by atoms with Crippen molar-refractivity contribution in [1.29, 1.82) is 0 Å². The summed E-state index contributed by atoms with van der Waals surface area (Å²) in [5.74, 6) is 0.574. The van der Waals surface area contributed by atoms with Crippen molar-refractivity contribution in [3.05, 3.63) is 58.3 Å². The number of benzene rings is 2. The van der Waals surface area contributed by atoms with E-state index < -0.39 is 6.10 Å². The quantitative estimate of drug-likeness (QED) is 0.754. The molecule has 110 valence electrons. The van der Waals surface area contributed by atoms with Gasteiger partial charge in [0.05, 0.1) is 11.6 Å². The Balaban J connectivity index is 2.11. The van der Waals surface area contributed by atoms with Crippen LogP contribution in [0.25, 0.3) is 0 Å². The number of ether oxygens (including phenoxy) is 2. The van der Waals surface area contributed by atoms with E-state index in [1.807, 2.05) is 0 Å². The van der Waals surface area contributed by atoms with Crippen LogP contribution in [0, 0.1) is 5.82 Å².